The van der Waals surface area contributed by atoms with Gasteiger partial charge in [0.25, 0.3) is 5.91 Å². The first-order valence-corrected chi connectivity index (χ1v) is 13.4. The van der Waals surface area contributed by atoms with E-state index in [9.17, 15) is 22.8 Å². The fraction of sp³-hybridized carbons (Fsp3) is 0.414. The second kappa shape index (κ2) is 13.0. The molecule has 3 heterocycles. The lowest BCUT2D eigenvalue weighted by Crippen LogP contribution is -2.36. The third kappa shape index (κ3) is 7.64. The van der Waals surface area contributed by atoms with Gasteiger partial charge < -0.3 is 30.9 Å². The Morgan fingerprint density at radius 2 is 1.90 bits per heavy atom. The highest BCUT2D eigenvalue weighted by molar-refractivity contribution is 5.95. The number of rotatable bonds is 8. The van der Waals surface area contributed by atoms with Gasteiger partial charge in [0.2, 0.25) is 5.91 Å². The third-order valence-corrected chi connectivity index (χ3v) is 6.85. The van der Waals surface area contributed by atoms with Crippen LogP contribution in [-0.4, -0.2) is 79.2 Å². The number of ether oxygens (including phenoxy) is 1. The molecule has 1 saturated heterocycles. The molecule has 2 amide bonds. The molecule has 0 bridgehead atoms. The highest BCUT2D eigenvalue weighted by Crippen LogP contribution is 2.30. The molecule has 4 N–H and O–H groups in total. The van der Waals surface area contributed by atoms with E-state index in [2.05, 4.69) is 43.0 Å². The van der Waals surface area contributed by atoms with E-state index in [1.54, 1.807) is 24.3 Å². The summed E-state index contributed by atoms with van der Waals surface area (Å²) in [5, 5.41) is 11.7. The average molecular weight is 586 g/mol. The van der Waals surface area contributed by atoms with Crippen LogP contribution in [0.1, 0.15) is 41.5 Å². The summed E-state index contributed by atoms with van der Waals surface area (Å²) in [6.45, 7) is 3.18. The number of nitrogens with zero attached hydrogens (tertiary/aromatic N) is 3. The number of alkyl halides is 3. The van der Waals surface area contributed by atoms with Crippen molar-refractivity contribution < 1.29 is 27.5 Å². The minimum absolute atomic E-state index is 0.0116. The van der Waals surface area contributed by atoms with E-state index in [0.717, 1.165) is 25.9 Å². The van der Waals surface area contributed by atoms with Gasteiger partial charge in [-0.05, 0) is 63.2 Å². The predicted molar refractivity (Wildman–Crippen MR) is 155 cm³/mol. The predicted octanol–water partition coefficient (Wildman–Crippen LogP) is 3.74. The maximum Gasteiger partial charge on any atom is 0.394 e. The number of carbonyl (C=O) groups excluding carboxylic acids is 2. The molecular weight excluding hydrogens is 551 g/mol. The molecule has 3 aromatic rings. The van der Waals surface area contributed by atoms with Gasteiger partial charge in [0.15, 0.2) is 5.65 Å². The summed E-state index contributed by atoms with van der Waals surface area (Å²) in [6.07, 6.45) is -2.62. The zero-order valence-corrected chi connectivity index (χ0v) is 23.9. The van der Waals surface area contributed by atoms with Crippen molar-refractivity contribution >= 4 is 34.5 Å². The fourth-order valence-corrected chi connectivity index (χ4v) is 4.79. The van der Waals surface area contributed by atoms with Crippen LogP contribution in [0.3, 0.4) is 0 Å². The maximum atomic E-state index is 13.7. The molecule has 0 spiro atoms. The number of benzene rings is 1. The molecule has 0 atom stereocenters. The smallest absolute Gasteiger partial charge is 0.394 e. The largest absolute Gasteiger partial charge is 0.495 e. The minimum atomic E-state index is -4.52. The number of piperidine rings is 1. The Hall–Kier alpha value is -4.44. The number of fused-ring (bicyclic) bond motifs is 1. The van der Waals surface area contributed by atoms with Crippen molar-refractivity contribution in [2.24, 2.45) is 0 Å². The number of hydrogen-bond donors (Lipinski definition) is 4. The topological polar surface area (TPSA) is 112 Å². The van der Waals surface area contributed by atoms with E-state index in [4.69, 9.17) is 4.74 Å². The number of methoxy groups -OCH3 is 1. The zero-order valence-electron chi connectivity index (χ0n) is 23.9. The van der Waals surface area contributed by atoms with Gasteiger partial charge in [-0.25, -0.2) is 4.98 Å². The Balaban J connectivity index is 1.68. The van der Waals surface area contributed by atoms with Crippen LogP contribution in [0.5, 0.6) is 5.75 Å². The Morgan fingerprint density at radius 1 is 1.17 bits per heavy atom. The molecule has 0 radical (unpaired) electrons. The summed E-state index contributed by atoms with van der Waals surface area (Å²) >= 11 is 0. The molecule has 1 aliphatic rings. The minimum Gasteiger partial charge on any atom is -0.495 e. The van der Waals surface area contributed by atoms with E-state index in [-0.39, 0.29) is 35.8 Å². The SMILES string of the molecule is CNC(=O)c1ccc(NCC#Cc2nc3c(NC4CCN(C)CC4)cc(NC(C)=O)cn3c2CC(F)(F)F)c(OC)c1. The number of halogens is 3. The van der Waals surface area contributed by atoms with Crippen LogP contribution < -0.4 is 26.0 Å². The van der Waals surface area contributed by atoms with Crippen LogP contribution in [0, 0.1) is 11.8 Å². The summed E-state index contributed by atoms with van der Waals surface area (Å²) in [4.78, 5) is 30.5. The molecule has 0 unspecified atom stereocenters. The summed E-state index contributed by atoms with van der Waals surface area (Å²) in [7, 11) is 5.03. The molecule has 1 fully saturated rings. The van der Waals surface area contributed by atoms with Gasteiger partial charge in [-0.3, -0.25) is 14.0 Å². The number of amides is 2. The summed E-state index contributed by atoms with van der Waals surface area (Å²) < 4.78 is 47.9. The van der Waals surface area contributed by atoms with E-state index in [1.165, 1.54) is 31.7 Å². The molecule has 1 aromatic carbocycles. The van der Waals surface area contributed by atoms with Gasteiger partial charge in [-0.1, -0.05) is 5.92 Å². The fourth-order valence-electron chi connectivity index (χ4n) is 4.79. The first kappa shape index (κ1) is 30.5. The van der Waals surface area contributed by atoms with Crippen molar-refractivity contribution in [2.75, 3.05) is 56.8 Å². The van der Waals surface area contributed by atoms with Gasteiger partial charge >= 0.3 is 6.18 Å². The van der Waals surface area contributed by atoms with Gasteiger partial charge in [0.1, 0.15) is 11.4 Å². The van der Waals surface area contributed by atoms with E-state index >= 15 is 0 Å². The van der Waals surface area contributed by atoms with Crippen molar-refractivity contribution in [1.82, 2.24) is 19.6 Å². The Kier molecular flexibility index (Phi) is 9.47. The van der Waals surface area contributed by atoms with Crippen molar-refractivity contribution in [3.8, 4) is 17.6 Å². The van der Waals surface area contributed by atoms with Gasteiger partial charge in [0, 0.05) is 31.8 Å². The summed E-state index contributed by atoms with van der Waals surface area (Å²) in [5.41, 5.74) is 2.00. The lowest BCUT2D eigenvalue weighted by Gasteiger charge is -2.30. The van der Waals surface area contributed by atoms with Crippen molar-refractivity contribution in [2.45, 2.75) is 38.4 Å². The second-order valence-corrected chi connectivity index (χ2v) is 10.1. The van der Waals surface area contributed by atoms with Gasteiger partial charge in [-0.2, -0.15) is 13.2 Å². The first-order valence-electron chi connectivity index (χ1n) is 13.4. The monoisotopic (exact) mass is 585 g/mol. The molecule has 0 saturated carbocycles. The highest BCUT2D eigenvalue weighted by atomic mass is 19.4. The molecule has 13 heteroatoms. The molecule has 42 heavy (non-hydrogen) atoms. The standard InChI is InChI=1S/C29H34F3N7O3/c1-18(40)35-21-15-24(36-20-9-12-38(3)13-10-20)27-37-22(25(39(27)17-21)16-29(30,31)32)6-5-11-34-23-8-7-19(28(41)33-2)14-26(23)42-4/h7-8,14-15,17,20,34,36H,9-13,16H2,1-4H3,(H,33,41)(H,35,40). The Morgan fingerprint density at radius 3 is 2.55 bits per heavy atom. The highest BCUT2D eigenvalue weighted by Gasteiger charge is 2.32. The van der Waals surface area contributed by atoms with Crippen LogP contribution in [-0.2, 0) is 11.2 Å². The van der Waals surface area contributed by atoms with Gasteiger partial charge in [0.05, 0.1) is 42.8 Å². The second-order valence-electron chi connectivity index (χ2n) is 10.1. The quantitative estimate of drug-likeness (QED) is 0.298. The number of nitrogens with one attached hydrogen (secondary N) is 4. The molecular formula is C29H34F3N7O3. The number of pyridine rings is 1. The van der Waals surface area contributed by atoms with Gasteiger partial charge in [-0.15, -0.1) is 0 Å². The first-order chi connectivity index (χ1) is 20.0. The number of carbonyl (C=O) groups is 2. The number of aromatic nitrogens is 2. The molecule has 4 rings (SSSR count). The normalized spacial score (nSPS) is 14.2. The van der Waals surface area contributed by atoms with Crippen molar-refractivity contribution in [3.63, 3.8) is 0 Å². The molecule has 224 valence electrons. The van der Waals surface area contributed by atoms with E-state index in [1.807, 2.05) is 7.05 Å². The number of likely N-dealkylation sites (tertiary alicyclic amines) is 1. The Labute approximate surface area is 242 Å². The average Bonchev–Trinajstić information content (AvgIpc) is 3.27. The number of anilines is 3. The lowest BCUT2D eigenvalue weighted by molar-refractivity contribution is -0.128. The van der Waals surface area contributed by atoms with Crippen molar-refractivity contribution in [1.29, 1.82) is 0 Å². The number of imidazole rings is 1. The third-order valence-electron chi connectivity index (χ3n) is 6.85. The molecule has 10 nitrogen and oxygen atoms in total. The molecule has 1 aliphatic heterocycles. The molecule has 0 aliphatic carbocycles. The van der Waals surface area contributed by atoms with Crippen LogP contribution >= 0.6 is 0 Å². The van der Waals surface area contributed by atoms with Crippen LogP contribution in [0.15, 0.2) is 30.5 Å². The van der Waals surface area contributed by atoms with Crippen molar-refractivity contribution in [3.05, 3.63) is 47.4 Å². The summed E-state index contributed by atoms with van der Waals surface area (Å²) in [5.74, 6) is 5.45. The van der Waals surface area contributed by atoms with Crippen LogP contribution in [0.4, 0.5) is 30.2 Å². The van der Waals surface area contributed by atoms with E-state index < -0.39 is 12.6 Å². The van der Waals surface area contributed by atoms with E-state index in [0.29, 0.717) is 34.0 Å². The number of hydrogen-bond acceptors (Lipinski definition) is 7. The summed E-state index contributed by atoms with van der Waals surface area (Å²) in [6, 6.07) is 6.64. The zero-order chi connectivity index (χ0) is 30.4. The Bertz CT molecular complexity index is 1520. The maximum absolute atomic E-state index is 13.7. The van der Waals surface area contributed by atoms with Crippen LogP contribution in [0.25, 0.3) is 5.65 Å². The molecule has 2 aromatic heterocycles. The lowest BCUT2D eigenvalue weighted by atomic mass is 10.1. The van der Waals surface area contributed by atoms with Crippen LogP contribution in [0.2, 0.25) is 0 Å².